The summed E-state index contributed by atoms with van der Waals surface area (Å²) in [5.74, 6) is 0.734. The second-order valence-electron chi connectivity index (χ2n) is 6.74. The molecule has 96 valence electrons. The smallest absolute Gasteiger partial charge is 0.0173 e. The first kappa shape index (κ1) is 14.4. The fourth-order valence-corrected chi connectivity index (χ4v) is 3.79. The molecule has 0 amide bonds. The highest BCUT2D eigenvalue weighted by atomic mass is 32.2. The monoisotopic (exact) mass is 243 g/mol. The summed E-state index contributed by atoms with van der Waals surface area (Å²) in [5.41, 5.74) is 0.414. The quantitative estimate of drug-likeness (QED) is 0.749. The molecule has 16 heavy (non-hydrogen) atoms. The molecule has 1 heterocycles. The topological polar surface area (TPSA) is 12.0 Å². The number of rotatable bonds is 1. The summed E-state index contributed by atoms with van der Waals surface area (Å²) in [4.78, 5) is 0. The second-order valence-corrected chi connectivity index (χ2v) is 8.32. The molecule has 1 saturated heterocycles. The van der Waals surface area contributed by atoms with E-state index in [0.717, 1.165) is 11.2 Å². The molecule has 2 heteroatoms. The Balaban J connectivity index is 2.80. The minimum Gasteiger partial charge on any atom is -0.310 e. The molecular formula is C14H29NS. The van der Waals surface area contributed by atoms with Gasteiger partial charge in [-0.15, -0.1) is 0 Å². The first-order chi connectivity index (χ1) is 7.21. The van der Waals surface area contributed by atoms with Gasteiger partial charge in [0.2, 0.25) is 0 Å². The molecule has 0 bridgehead atoms. The fourth-order valence-electron chi connectivity index (χ4n) is 2.23. The van der Waals surface area contributed by atoms with E-state index in [4.69, 9.17) is 0 Å². The lowest BCUT2D eigenvalue weighted by Gasteiger charge is -2.32. The van der Waals surface area contributed by atoms with Crippen molar-refractivity contribution in [2.24, 2.45) is 11.3 Å². The first-order valence-electron chi connectivity index (χ1n) is 6.63. The molecule has 4 atom stereocenters. The van der Waals surface area contributed by atoms with Gasteiger partial charge in [0.05, 0.1) is 0 Å². The van der Waals surface area contributed by atoms with Gasteiger partial charge in [-0.2, -0.15) is 11.8 Å². The zero-order valence-corrected chi connectivity index (χ0v) is 12.8. The molecule has 1 rings (SSSR count). The summed E-state index contributed by atoms with van der Waals surface area (Å²) in [6.45, 7) is 16.5. The van der Waals surface area contributed by atoms with Crippen LogP contribution in [0.25, 0.3) is 0 Å². The van der Waals surface area contributed by atoms with Crippen molar-refractivity contribution in [1.82, 2.24) is 5.32 Å². The van der Waals surface area contributed by atoms with Gasteiger partial charge in [-0.05, 0) is 24.7 Å². The van der Waals surface area contributed by atoms with Crippen molar-refractivity contribution >= 4 is 11.8 Å². The summed E-state index contributed by atoms with van der Waals surface area (Å²) >= 11 is 2.18. The lowest BCUT2D eigenvalue weighted by atomic mass is 9.85. The molecule has 1 nitrogen and oxygen atoms in total. The highest BCUT2D eigenvalue weighted by molar-refractivity contribution is 8.00. The summed E-state index contributed by atoms with van der Waals surface area (Å²) < 4.78 is 0. The Morgan fingerprint density at radius 2 is 1.75 bits per heavy atom. The molecule has 1 aliphatic heterocycles. The molecule has 0 aromatic carbocycles. The highest BCUT2D eigenvalue weighted by Gasteiger charge is 2.35. The Hall–Kier alpha value is 0.310. The molecule has 0 saturated carbocycles. The van der Waals surface area contributed by atoms with E-state index in [1.54, 1.807) is 0 Å². The van der Waals surface area contributed by atoms with Crippen LogP contribution in [-0.4, -0.2) is 22.6 Å². The minimum atomic E-state index is 0.414. The van der Waals surface area contributed by atoms with Crippen LogP contribution in [-0.2, 0) is 0 Å². The van der Waals surface area contributed by atoms with Crippen LogP contribution in [0.1, 0.15) is 54.9 Å². The van der Waals surface area contributed by atoms with Crippen molar-refractivity contribution in [3.8, 4) is 0 Å². The van der Waals surface area contributed by atoms with Crippen LogP contribution < -0.4 is 5.32 Å². The number of thioether (sulfide) groups is 1. The van der Waals surface area contributed by atoms with Gasteiger partial charge in [-0.25, -0.2) is 0 Å². The van der Waals surface area contributed by atoms with E-state index in [2.05, 4.69) is 65.5 Å². The number of hydrogen-bond acceptors (Lipinski definition) is 2. The highest BCUT2D eigenvalue weighted by Crippen LogP contribution is 2.39. The van der Waals surface area contributed by atoms with E-state index >= 15 is 0 Å². The van der Waals surface area contributed by atoms with E-state index in [9.17, 15) is 0 Å². The van der Waals surface area contributed by atoms with Gasteiger partial charge in [0, 0.05) is 22.6 Å². The van der Waals surface area contributed by atoms with Crippen LogP contribution in [0, 0.1) is 11.3 Å². The van der Waals surface area contributed by atoms with E-state index < -0.39 is 0 Å². The van der Waals surface area contributed by atoms with E-state index in [1.165, 1.54) is 6.42 Å². The Morgan fingerprint density at radius 3 is 2.19 bits per heavy atom. The lowest BCUT2D eigenvalue weighted by molar-refractivity contribution is 0.300. The Labute approximate surface area is 106 Å². The molecule has 1 fully saturated rings. The molecule has 0 aromatic rings. The number of nitrogens with one attached hydrogen (secondary N) is 1. The predicted molar refractivity (Wildman–Crippen MR) is 76.1 cm³/mol. The van der Waals surface area contributed by atoms with Crippen molar-refractivity contribution in [3.05, 3.63) is 0 Å². The van der Waals surface area contributed by atoms with Crippen molar-refractivity contribution < 1.29 is 0 Å². The SMILES string of the molecule is CC1N[C@@H](C(C)C)C[C@H](C(C)(C)C)SC1C. The first-order valence-corrected chi connectivity index (χ1v) is 7.57. The normalized spacial score (nSPS) is 37.5. The van der Waals surface area contributed by atoms with E-state index in [-0.39, 0.29) is 0 Å². The van der Waals surface area contributed by atoms with Crippen LogP contribution in [0.4, 0.5) is 0 Å². The zero-order valence-electron chi connectivity index (χ0n) is 12.0. The molecule has 1 N–H and O–H groups in total. The summed E-state index contributed by atoms with van der Waals surface area (Å²) in [7, 11) is 0. The van der Waals surface area contributed by atoms with Gasteiger partial charge in [-0.1, -0.05) is 41.5 Å². The maximum Gasteiger partial charge on any atom is 0.0173 e. The number of hydrogen-bond donors (Lipinski definition) is 1. The fraction of sp³-hybridized carbons (Fsp3) is 1.00. The maximum atomic E-state index is 3.81. The molecule has 0 aliphatic carbocycles. The van der Waals surface area contributed by atoms with E-state index in [0.29, 0.717) is 22.7 Å². The predicted octanol–water partition coefficient (Wildman–Crippen LogP) is 3.93. The second kappa shape index (κ2) is 5.30. The van der Waals surface area contributed by atoms with Crippen LogP contribution in [0.15, 0.2) is 0 Å². The maximum absolute atomic E-state index is 3.81. The van der Waals surface area contributed by atoms with Crippen molar-refractivity contribution in [2.75, 3.05) is 0 Å². The zero-order chi connectivity index (χ0) is 12.5. The van der Waals surface area contributed by atoms with Gasteiger partial charge in [0.25, 0.3) is 0 Å². The molecule has 0 aromatic heterocycles. The van der Waals surface area contributed by atoms with Crippen molar-refractivity contribution in [2.45, 2.75) is 77.5 Å². The average Bonchev–Trinajstić information content (AvgIpc) is 2.26. The molecular weight excluding hydrogens is 214 g/mol. The van der Waals surface area contributed by atoms with Gasteiger partial charge < -0.3 is 5.32 Å². The average molecular weight is 243 g/mol. The molecule has 2 unspecified atom stereocenters. The van der Waals surface area contributed by atoms with Gasteiger partial charge >= 0.3 is 0 Å². The lowest BCUT2D eigenvalue weighted by Crippen LogP contribution is -2.42. The summed E-state index contributed by atoms with van der Waals surface area (Å²) in [5, 5.41) is 5.30. The Kier molecular flexibility index (Phi) is 4.76. The Bertz CT molecular complexity index is 219. The van der Waals surface area contributed by atoms with Gasteiger partial charge in [0.15, 0.2) is 0 Å². The molecule has 0 radical (unpaired) electrons. The van der Waals surface area contributed by atoms with Crippen LogP contribution >= 0.6 is 11.8 Å². The summed E-state index contributed by atoms with van der Waals surface area (Å²) in [6, 6.07) is 1.31. The third kappa shape index (κ3) is 3.66. The largest absolute Gasteiger partial charge is 0.310 e. The standard InChI is InChI=1S/C14H29NS/c1-9(2)12-8-13(14(5,6)7)16-11(4)10(3)15-12/h9-13,15H,8H2,1-7H3/t10?,11?,12-,13-/m1/s1. The van der Waals surface area contributed by atoms with Crippen LogP contribution in [0.5, 0.6) is 0 Å². The summed E-state index contributed by atoms with van der Waals surface area (Å²) in [6.07, 6.45) is 1.31. The van der Waals surface area contributed by atoms with Crippen molar-refractivity contribution in [3.63, 3.8) is 0 Å². The molecule has 1 aliphatic rings. The Morgan fingerprint density at radius 1 is 1.19 bits per heavy atom. The van der Waals surface area contributed by atoms with Gasteiger partial charge in [-0.3, -0.25) is 0 Å². The van der Waals surface area contributed by atoms with Crippen LogP contribution in [0.2, 0.25) is 0 Å². The van der Waals surface area contributed by atoms with Gasteiger partial charge in [0.1, 0.15) is 0 Å². The molecule has 0 spiro atoms. The third-order valence-corrected chi connectivity index (χ3v) is 5.86. The minimum absolute atomic E-state index is 0.414. The van der Waals surface area contributed by atoms with Crippen molar-refractivity contribution in [1.29, 1.82) is 0 Å². The van der Waals surface area contributed by atoms with Crippen LogP contribution in [0.3, 0.4) is 0 Å². The third-order valence-electron chi connectivity index (χ3n) is 3.80. The van der Waals surface area contributed by atoms with E-state index in [1.807, 2.05) is 0 Å².